The molecule has 0 saturated carbocycles. The van der Waals surface area contributed by atoms with Gasteiger partial charge in [0.2, 0.25) is 0 Å². The number of nitrogens with zero attached hydrogens (tertiary/aromatic N) is 5. The molecule has 0 bridgehead atoms. The fraction of sp³-hybridized carbons (Fsp3) is 0.179. The predicted molar refractivity (Wildman–Crippen MR) is 150 cm³/mol. The molecule has 0 spiro atoms. The van der Waals surface area contributed by atoms with Crippen molar-refractivity contribution in [2.45, 2.75) is 20.4 Å². The van der Waals surface area contributed by atoms with Crippen molar-refractivity contribution in [3.05, 3.63) is 93.9 Å². The molecule has 192 valence electrons. The normalized spacial score (nSPS) is 11.8. The molecule has 5 rings (SSSR count). The van der Waals surface area contributed by atoms with Crippen LogP contribution in [0.25, 0.3) is 33.1 Å². The van der Waals surface area contributed by atoms with Gasteiger partial charge in [0, 0.05) is 30.2 Å². The van der Waals surface area contributed by atoms with E-state index >= 15 is 0 Å². The lowest BCUT2D eigenvalue weighted by Crippen LogP contribution is -2.25. The van der Waals surface area contributed by atoms with Crippen molar-refractivity contribution in [2.75, 3.05) is 18.9 Å². The van der Waals surface area contributed by atoms with Crippen LogP contribution in [0.1, 0.15) is 22.5 Å². The molecule has 0 aliphatic carbocycles. The van der Waals surface area contributed by atoms with Crippen LogP contribution in [-0.2, 0) is 6.54 Å². The summed E-state index contributed by atoms with van der Waals surface area (Å²) in [5.41, 5.74) is 10.9. The SMILES string of the molecule is Cc1ccccc1-n1c(Cn2nc(/C(C=N)=C/NCCO)c3c(N)ncnc32)cc2cccc(C)c2c1=O. The maximum absolute atomic E-state index is 14.0. The van der Waals surface area contributed by atoms with Gasteiger partial charge in [0.1, 0.15) is 17.8 Å². The zero-order valence-corrected chi connectivity index (χ0v) is 21.1. The van der Waals surface area contributed by atoms with Gasteiger partial charge in [-0.25, -0.2) is 14.6 Å². The van der Waals surface area contributed by atoms with Crippen LogP contribution < -0.4 is 16.6 Å². The van der Waals surface area contributed by atoms with E-state index in [-0.39, 0.29) is 24.5 Å². The zero-order valence-electron chi connectivity index (χ0n) is 21.1. The number of aliphatic hydroxyl groups is 1. The molecule has 0 aliphatic rings. The highest BCUT2D eigenvalue weighted by Crippen LogP contribution is 2.28. The number of fused-ring (bicyclic) bond motifs is 2. The number of hydrogen-bond donors (Lipinski definition) is 4. The average Bonchev–Trinajstić information content (AvgIpc) is 3.27. The van der Waals surface area contributed by atoms with Crippen LogP contribution in [0, 0.1) is 19.3 Å². The molecule has 10 heteroatoms. The van der Waals surface area contributed by atoms with Gasteiger partial charge >= 0.3 is 0 Å². The molecule has 0 aliphatic heterocycles. The summed E-state index contributed by atoms with van der Waals surface area (Å²) in [4.78, 5) is 22.5. The average molecular weight is 509 g/mol. The molecule has 0 atom stereocenters. The first-order valence-corrected chi connectivity index (χ1v) is 12.2. The van der Waals surface area contributed by atoms with Gasteiger partial charge < -0.3 is 21.6 Å². The first-order valence-electron chi connectivity index (χ1n) is 12.2. The number of nitrogens with one attached hydrogen (secondary N) is 2. The van der Waals surface area contributed by atoms with Gasteiger partial charge in [-0.3, -0.25) is 9.36 Å². The third-order valence-electron chi connectivity index (χ3n) is 6.50. The first-order chi connectivity index (χ1) is 18.4. The molecule has 3 heterocycles. The molecule has 3 aromatic heterocycles. The Morgan fingerprint density at radius 1 is 1.11 bits per heavy atom. The Labute approximate surface area is 218 Å². The monoisotopic (exact) mass is 508 g/mol. The summed E-state index contributed by atoms with van der Waals surface area (Å²) in [5.74, 6) is 0.233. The smallest absolute Gasteiger partial charge is 0.263 e. The van der Waals surface area contributed by atoms with Crippen molar-refractivity contribution >= 4 is 39.4 Å². The van der Waals surface area contributed by atoms with Gasteiger partial charge in [-0.1, -0.05) is 36.4 Å². The second-order valence-electron chi connectivity index (χ2n) is 8.99. The van der Waals surface area contributed by atoms with Gasteiger partial charge in [-0.05, 0) is 42.5 Å². The van der Waals surface area contributed by atoms with E-state index in [0.717, 1.165) is 28.4 Å². The van der Waals surface area contributed by atoms with Gasteiger partial charge in [0.25, 0.3) is 5.56 Å². The van der Waals surface area contributed by atoms with Crippen molar-refractivity contribution in [3.63, 3.8) is 0 Å². The summed E-state index contributed by atoms with van der Waals surface area (Å²) in [5, 5.41) is 26.8. The number of nitrogens with two attached hydrogens (primary N) is 1. The fourth-order valence-corrected chi connectivity index (χ4v) is 4.71. The second kappa shape index (κ2) is 10.3. The van der Waals surface area contributed by atoms with Crippen molar-refractivity contribution in [1.29, 1.82) is 5.41 Å². The maximum Gasteiger partial charge on any atom is 0.263 e. The molecule has 0 unspecified atom stereocenters. The highest BCUT2D eigenvalue weighted by atomic mass is 16.3. The van der Waals surface area contributed by atoms with Crippen LogP contribution in [0.2, 0.25) is 0 Å². The van der Waals surface area contributed by atoms with Gasteiger partial charge in [-0.15, -0.1) is 0 Å². The topological polar surface area (TPSA) is 148 Å². The predicted octanol–water partition coefficient (Wildman–Crippen LogP) is 2.95. The molecule has 0 fully saturated rings. The van der Waals surface area contributed by atoms with E-state index in [2.05, 4.69) is 15.3 Å². The van der Waals surface area contributed by atoms with Crippen LogP contribution >= 0.6 is 0 Å². The quantitative estimate of drug-likeness (QED) is 0.186. The largest absolute Gasteiger partial charge is 0.395 e. The van der Waals surface area contributed by atoms with Crippen LogP contribution in [0.4, 0.5) is 5.82 Å². The highest BCUT2D eigenvalue weighted by molar-refractivity contribution is 6.13. The van der Waals surface area contributed by atoms with E-state index in [1.54, 1.807) is 15.4 Å². The van der Waals surface area contributed by atoms with E-state index in [1.165, 1.54) is 6.33 Å². The van der Waals surface area contributed by atoms with E-state index in [0.29, 0.717) is 39.9 Å². The van der Waals surface area contributed by atoms with Gasteiger partial charge in [0.05, 0.1) is 29.6 Å². The molecule has 10 nitrogen and oxygen atoms in total. The Bertz CT molecular complexity index is 1770. The lowest BCUT2D eigenvalue weighted by Gasteiger charge is -2.17. The number of hydrogen-bond acceptors (Lipinski definition) is 8. The summed E-state index contributed by atoms with van der Waals surface area (Å²) < 4.78 is 3.41. The molecule has 5 N–H and O–H groups in total. The standard InChI is InChI=1S/C28H28N8O2/c1-17-6-3-4-9-22(17)36-21(12-19-8-5-7-18(2)23(19)28(36)38)15-35-27-24(26(30)32-16-33-27)25(34-35)20(13-29)14-31-10-11-37/h3-9,12-14,16,29,31,37H,10-11,15H2,1-2H3,(H2,30,32,33)/b20-14+,29-13?. The third-order valence-corrected chi connectivity index (χ3v) is 6.50. The number of aromatic nitrogens is 5. The Morgan fingerprint density at radius 3 is 2.66 bits per heavy atom. The van der Waals surface area contributed by atoms with E-state index < -0.39 is 0 Å². The zero-order chi connectivity index (χ0) is 26.8. The van der Waals surface area contributed by atoms with Crippen molar-refractivity contribution in [1.82, 2.24) is 29.6 Å². The maximum atomic E-state index is 14.0. The number of allylic oxidation sites excluding steroid dienone is 1. The number of aryl methyl sites for hydroxylation is 2. The molecule has 2 aromatic carbocycles. The van der Waals surface area contributed by atoms with Crippen LogP contribution in [0.15, 0.2) is 65.9 Å². The minimum atomic E-state index is -0.107. The Morgan fingerprint density at radius 2 is 1.89 bits per heavy atom. The third kappa shape index (κ3) is 4.31. The summed E-state index contributed by atoms with van der Waals surface area (Å²) in [6.07, 6.45) is 4.13. The molecule has 38 heavy (non-hydrogen) atoms. The Kier molecular flexibility index (Phi) is 6.71. The van der Waals surface area contributed by atoms with Gasteiger partial charge in [-0.2, -0.15) is 5.10 Å². The number of pyridine rings is 1. The molecule has 0 amide bonds. The molecular weight excluding hydrogens is 480 g/mol. The molecule has 0 saturated heterocycles. The van der Waals surface area contributed by atoms with Gasteiger partial charge in [0.15, 0.2) is 5.65 Å². The minimum absolute atomic E-state index is 0.0555. The number of benzene rings is 2. The molecule has 0 radical (unpaired) electrons. The molecule has 5 aromatic rings. The van der Waals surface area contributed by atoms with E-state index in [9.17, 15) is 4.79 Å². The number of rotatable bonds is 8. The Balaban J connectivity index is 1.76. The number of aliphatic hydroxyl groups excluding tert-OH is 1. The number of para-hydroxylation sites is 1. The van der Waals surface area contributed by atoms with Crippen molar-refractivity contribution in [3.8, 4) is 5.69 Å². The highest BCUT2D eigenvalue weighted by Gasteiger charge is 2.20. The summed E-state index contributed by atoms with van der Waals surface area (Å²) >= 11 is 0. The van der Waals surface area contributed by atoms with Crippen molar-refractivity contribution in [2.24, 2.45) is 0 Å². The number of nitrogen functional groups attached to an aromatic ring is 1. The van der Waals surface area contributed by atoms with Crippen LogP contribution in [0.5, 0.6) is 0 Å². The lowest BCUT2D eigenvalue weighted by atomic mass is 10.1. The summed E-state index contributed by atoms with van der Waals surface area (Å²) in [6.45, 7) is 4.40. The Hall–Kier alpha value is -4.83. The lowest BCUT2D eigenvalue weighted by molar-refractivity contribution is 0.298. The van der Waals surface area contributed by atoms with Crippen LogP contribution in [-0.4, -0.2) is 48.8 Å². The number of anilines is 1. The first kappa shape index (κ1) is 24.8. The van der Waals surface area contributed by atoms with Crippen molar-refractivity contribution < 1.29 is 5.11 Å². The van der Waals surface area contributed by atoms with Crippen LogP contribution in [0.3, 0.4) is 0 Å². The van der Waals surface area contributed by atoms with E-state index in [1.807, 2.05) is 62.4 Å². The second-order valence-corrected chi connectivity index (χ2v) is 8.99. The van der Waals surface area contributed by atoms with E-state index in [4.69, 9.17) is 21.3 Å². The fourth-order valence-electron chi connectivity index (χ4n) is 4.71. The molecular formula is C28H28N8O2. The summed E-state index contributed by atoms with van der Waals surface area (Å²) in [7, 11) is 0. The minimum Gasteiger partial charge on any atom is -0.395 e. The summed E-state index contributed by atoms with van der Waals surface area (Å²) in [6, 6.07) is 15.6.